The normalized spacial score (nSPS) is 12.6. The lowest BCUT2D eigenvalue weighted by molar-refractivity contribution is -0.560. The van der Waals surface area contributed by atoms with Gasteiger partial charge in [-0.15, -0.1) is 0 Å². The summed E-state index contributed by atoms with van der Waals surface area (Å²) in [5, 5.41) is 12.0. The third-order valence-corrected chi connectivity index (χ3v) is 2.23. The molecule has 0 aliphatic rings. The van der Waals surface area contributed by atoms with Gasteiger partial charge in [-0.2, -0.15) is 4.39 Å². The molecule has 3 nitrogen and oxygen atoms in total. The van der Waals surface area contributed by atoms with E-state index in [0.717, 1.165) is 10.8 Å². The molecule has 2 aromatic rings. The molecule has 2 aromatic carbocycles. The van der Waals surface area contributed by atoms with Crippen LogP contribution in [-0.2, 0) is 0 Å². The molecule has 0 radical (unpaired) electrons. The number of hydrogen-bond donors (Lipinski definition) is 0. The molecular formula is C11H8FNO2. The molecule has 0 heterocycles. The highest BCUT2D eigenvalue weighted by Gasteiger charge is 2.20. The molecule has 2 rings (SSSR count). The Bertz CT molecular complexity index is 513. The Kier molecular flexibility index (Phi) is 2.33. The van der Waals surface area contributed by atoms with Crippen molar-refractivity contribution in [2.24, 2.45) is 0 Å². The maximum atomic E-state index is 13.1. The van der Waals surface area contributed by atoms with Gasteiger partial charge in [-0.05, 0) is 22.9 Å². The van der Waals surface area contributed by atoms with Crippen LogP contribution in [0.5, 0.6) is 0 Å². The molecule has 0 aliphatic heterocycles. The van der Waals surface area contributed by atoms with E-state index in [-0.39, 0.29) is 5.56 Å². The summed E-state index contributed by atoms with van der Waals surface area (Å²) >= 11 is 0. The summed E-state index contributed by atoms with van der Waals surface area (Å²) in [6, 6.07) is 12.0. The molecule has 0 unspecified atom stereocenters. The fourth-order valence-electron chi connectivity index (χ4n) is 1.48. The van der Waals surface area contributed by atoms with E-state index in [4.69, 9.17) is 0 Å². The van der Waals surface area contributed by atoms with Crippen molar-refractivity contribution in [2.75, 3.05) is 0 Å². The van der Waals surface area contributed by atoms with Crippen molar-refractivity contribution in [2.45, 2.75) is 6.30 Å². The Morgan fingerprint density at radius 3 is 2.47 bits per heavy atom. The highest BCUT2D eigenvalue weighted by Crippen LogP contribution is 2.22. The summed E-state index contributed by atoms with van der Waals surface area (Å²) in [6.45, 7) is 0. The van der Waals surface area contributed by atoms with Crippen LogP contribution in [0.1, 0.15) is 11.9 Å². The van der Waals surface area contributed by atoms with Crippen LogP contribution < -0.4 is 0 Å². The van der Waals surface area contributed by atoms with Crippen LogP contribution in [0.15, 0.2) is 42.5 Å². The lowest BCUT2D eigenvalue weighted by Crippen LogP contribution is -2.03. The third-order valence-electron chi connectivity index (χ3n) is 2.23. The van der Waals surface area contributed by atoms with Crippen molar-refractivity contribution in [1.29, 1.82) is 0 Å². The number of hydrogen-bond acceptors (Lipinski definition) is 2. The fourth-order valence-corrected chi connectivity index (χ4v) is 1.48. The molecule has 0 fully saturated rings. The number of nitro groups is 1. The zero-order valence-electron chi connectivity index (χ0n) is 7.76. The van der Waals surface area contributed by atoms with E-state index in [1.54, 1.807) is 12.1 Å². The standard InChI is InChI=1S/C11H8FNO2/c12-11(13(14)15)10-6-5-8-3-1-2-4-9(8)7-10/h1-7,11H/t11-/m0/s1. The predicted octanol–water partition coefficient (Wildman–Crippen LogP) is 3.08. The van der Waals surface area contributed by atoms with E-state index >= 15 is 0 Å². The molecule has 4 heteroatoms. The predicted molar refractivity (Wildman–Crippen MR) is 54.8 cm³/mol. The first-order valence-electron chi connectivity index (χ1n) is 4.45. The minimum Gasteiger partial charge on any atom is -0.261 e. The lowest BCUT2D eigenvalue weighted by atomic mass is 10.1. The minimum absolute atomic E-state index is 0.0821. The maximum Gasteiger partial charge on any atom is 0.375 e. The van der Waals surface area contributed by atoms with Gasteiger partial charge >= 0.3 is 6.30 Å². The number of halogens is 1. The van der Waals surface area contributed by atoms with E-state index in [1.165, 1.54) is 12.1 Å². The van der Waals surface area contributed by atoms with E-state index in [2.05, 4.69) is 0 Å². The van der Waals surface area contributed by atoms with Gasteiger partial charge in [-0.3, -0.25) is 10.1 Å². The Labute approximate surface area is 85.3 Å². The van der Waals surface area contributed by atoms with Crippen molar-refractivity contribution >= 4 is 10.8 Å². The Morgan fingerprint density at radius 2 is 1.80 bits per heavy atom. The second kappa shape index (κ2) is 3.65. The number of rotatable bonds is 2. The first kappa shape index (κ1) is 9.58. The van der Waals surface area contributed by atoms with E-state index in [0.29, 0.717) is 0 Å². The molecule has 0 saturated heterocycles. The van der Waals surface area contributed by atoms with Gasteiger partial charge in [0.2, 0.25) is 0 Å². The van der Waals surface area contributed by atoms with Gasteiger partial charge in [0.25, 0.3) is 0 Å². The summed E-state index contributed by atoms with van der Waals surface area (Å²) in [5.74, 6) is 0. The largest absolute Gasteiger partial charge is 0.375 e. The molecule has 0 bridgehead atoms. The van der Waals surface area contributed by atoms with E-state index < -0.39 is 11.2 Å². The van der Waals surface area contributed by atoms with Crippen molar-refractivity contribution in [3.8, 4) is 0 Å². The topological polar surface area (TPSA) is 43.1 Å². The first-order chi connectivity index (χ1) is 7.18. The number of nitrogens with zero attached hydrogens (tertiary/aromatic N) is 1. The highest BCUT2D eigenvalue weighted by molar-refractivity contribution is 5.83. The van der Waals surface area contributed by atoms with Gasteiger partial charge in [0.15, 0.2) is 0 Å². The van der Waals surface area contributed by atoms with Crippen molar-refractivity contribution < 1.29 is 9.31 Å². The lowest BCUT2D eigenvalue weighted by Gasteiger charge is -2.02. The first-order valence-corrected chi connectivity index (χ1v) is 4.45. The number of benzene rings is 2. The Morgan fingerprint density at radius 1 is 1.13 bits per heavy atom. The summed E-state index contributed by atoms with van der Waals surface area (Å²) in [6.07, 6.45) is -2.14. The van der Waals surface area contributed by atoms with Crippen molar-refractivity contribution in [3.05, 3.63) is 58.1 Å². The van der Waals surface area contributed by atoms with Gasteiger partial charge in [0.1, 0.15) is 0 Å². The van der Waals surface area contributed by atoms with Gasteiger partial charge in [-0.1, -0.05) is 30.3 Å². The molecule has 0 aromatic heterocycles. The Balaban J connectivity index is 2.51. The minimum atomic E-state index is -2.14. The molecule has 15 heavy (non-hydrogen) atoms. The summed E-state index contributed by atoms with van der Waals surface area (Å²) in [5.41, 5.74) is 0.0821. The van der Waals surface area contributed by atoms with Crippen LogP contribution in [0, 0.1) is 10.1 Å². The molecule has 76 valence electrons. The van der Waals surface area contributed by atoms with Gasteiger partial charge < -0.3 is 0 Å². The van der Waals surface area contributed by atoms with Crippen LogP contribution in [-0.4, -0.2) is 4.92 Å². The maximum absolute atomic E-state index is 13.1. The van der Waals surface area contributed by atoms with Gasteiger partial charge in [-0.25, -0.2) is 0 Å². The molecule has 0 amide bonds. The summed E-state index contributed by atoms with van der Waals surface area (Å²) in [4.78, 5) is 9.33. The molecular weight excluding hydrogens is 197 g/mol. The average molecular weight is 205 g/mol. The monoisotopic (exact) mass is 205 g/mol. The molecule has 0 aliphatic carbocycles. The van der Waals surface area contributed by atoms with Gasteiger partial charge in [0, 0.05) is 0 Å². The van der Waals surface area contributed by atoms with Crippen LogP contribution in [0.4, 0.5) is 4.39 Å². The number of alkyl halides is 1. The summed E-state index contributed by atoms with van der Waals surface area (Å²) < 4.78 is 13.1. The second-order valence-electron chi connectivity index (χ2n) is 3.23. The fraction of sp³-hybridized carbons (Fsp3) is 0.0909. The second-order valence-corrected chi connectivity index (χ2v) is 3.23. The third kappa shape index (κ3) is 1.79. The average Bonchev–Trinajstić information content (AvgIpc) is 2.27. The van der Waals surface area contributed by atoms with Crippen LogP contribution in [0.3, 0.4) is 0 Å². The zero-order valence-corrected chi connectivity index (χ0v) is 7.76. The van der Waals surface area contributed by atoms with Crippen LogP contribution in [0.2, 0.25) is 0 Å². The van der Waals surface area contributed by atoms with E-state index in [9.17, 15) is 14.5 Å². The van der Waals surface area contributed by atoms with E-state index in [1.807, 2.05) is 18.2 Å². The van der Waals surface area contributed by atoms with Crippen molar-refractivity contribution in [3.63, 3.8) is 0 Å². The quantitative estimate of drug-likeness (QED) is 0.429. The molecule has 0 spiro atoms. The smallest absolute Gasteiger partial charge is 0.261 e. The zero-order chi connectivity index (χ0) is 10.8. The van der Waals surface area contributed by atoms with Crippen LogP contribution in [0.25, 0.3) is 10.8 Å². The molecule has 0 N–H and O–H groups in total. The molecule has 1 atom stereocenters. The molecule has 0 saturated carbocycles. The van der Waals surface area contributed by atoms with Crippen molar-refractivity contribution in [1.82, 2.24) is 0 Å². The van der Waals surface area contributed by atoms with Gasteiger partial charge in [0.05, 0.1) is 10.5 Å². The number of fused-ring (bicyclic) bond motifs is 1. The SMILES string of the molecule is O=[N+]([O-])[C@H](F)c1ccc2ccccc2c1. The highest BCUT2D eigenvalue weighted by atomic mass is 19.1. The Hall–Kier alpha value is -1.97. The van der Waals surface area contributed by atoms with Crippen LogP contribution >= 0.6 is 0 Å². The summed E-state index contributed by atoms with van der Waals surface area (Å²) in [7, 11) is 0.